The van der Waals surface area contributed by atoms with Gasteiger partial charge in [-0.05, 0) is 0 Å². The number of hydrogen-bond donors (Lipinski definition) is 2. The van der Waals surface area contributed by atoms with E-state index < -0.39 is 5.56 Å². The van der Waals surface area contributed by atoms with Crippen LogP contribution in [0.4, 0.5) is 0 Å². The minimum absolute atomic E-state index is 0.0234. The standard InChI is InChI=1S/C6H7N3O3/c1-12-5-4(2-9-11)7-3-8-6(5)10/h2-3,11H,1H3,(H,7,8,10)/b9-2+. The summed E-state index contributed by atoms with van der Waals surface area (Å²) in [6.45, 7) is 0. The number of aromatic nitrogens is 2. The Morgan fingerprint density at radius 1 is 1.83 bits per heavy atom. The summed E-state index contributed by atoms with van der Waals surface area (Å²) in [5.41, 5.74) is -0.230. The Morgan fingerprint density at radius 2 is 2.58 bits per heavy atom. The number of methoxy groups -OCH3 is 1. The van der Waals surface area contributed by atoms with E-state index in [1.807, 2.05) is 0 Å². The van der Waals surface area contributed by atoms with Gasteiger partial charge in [0.05, 0.1) is 19.7 Å². The molecule has 1 aromatic heterocycles. The van der Waals surface area contributed by atoms with Crippen LogP contribution in [0, 0.1) is 0 Å². The maximum atomic E-state index is 11.0. The van der Waals surface area contributed by atoms with Crippen LogP contribution in [0.1, 0.15) is 5.69 Å². The largest absolute Gasteiger partial charge is 0.490 e. The van der Waals surface area contributed by atoms with Gasteiger partial charge in [0.1, 0.15) is 5.69 Å². The molecule has 0 bridgehead atoms. The fourth-order valence-corrected chi connectivity index (χ4v) is 0.745. The number of nitrogens with zero attached hydrogens (tertiary/aromatic N) is 2. The zero-order chi connectivity index (χ0) is 8.97. The fourth-order valence-electron chi connectivity index (χ4n) is 0.745. The Hall–Kier alpha value is -1.85. The molecule has 64 valence electrons. The van der Waals surface area contributed by atoms with E-state index in [9.17, 15) is 4.79 Å². The Morgan fingerprint density at radius 3 is 3.17 bits per heavy atom. The molecule has 12 heavy (non-hydrogen) atoms. The Labute approximate surface area is 67.5 Å². The van der Waals surface area contributed by atoms with E-state index in [0.29, 0.717) is 0 Å². The van der Waals surface area contributed by atoms with Crippen molar-refractivity contribution < 1.29 is 9.94 Å². The topological polar surface area (TPSA) is 87.6 Å². The molecule has 2 N–H and O–H groups in total. The minimum Gasteiger partial charge on any atom is -0.490 e. The van der Waals surface area contributed by atoms with E-state index >= 15 is 0 Å². The van der Waals surface area contributed by atoms with Crippen molar-refractivity contribution in [2.24, 2.45) is 5.16 Å². The molecule has 0 aromatic carbocycles. The van der Waals surface area contributed by atoms with E-state index in [4.69, 9.17) is 9.94 Å². The van der Waals surface area contributed by atoms with Crippen molar-refractivity contribution >= 4 is 6.21 Å². The second kappa shape index (κ2) is 3.51. The third-order valence-electron chi connectivity index (χ3n) is 1.22. The molecule has 0 radical (unpaired) electrons. The number of oxime groups is 1. The molecule has 1 rings (SSSR count). The van der Waals surface area contributed by atoms with Crippen LogP contribution in [-0.2, 0) is 0 Å². The van der Waals surface area contributed by atoms with Gasteiger partial charge >= 0.3 is 0 Å². The predicted octanol–water partition coefficient (Wildman–Crippen LogP) is -0.413. The first-order valence-electron chi connectivity index (χ1n) is 3.08. The maximum Gasteiger partial charge on any atom is 0.293 e. The van der Waals surface area contributed by atoms with Gasteiger partial charge in [-0.2, -0.15) is 0 Å². The smallest absolute Gasteiger partial charge is 0.293 e. The third-order valence-corrected chi connectivity index (χ3v) is 1.22. The molecule has 1 aromatic rings. The Balaban J connectivity index is 3.27. The molecule has 0 saturated heterocycles. The van der Waals surface area contributed by atoms with Crippen LogP contribution in [0.5, 0.6) is 5.75 Å². The highest BCUT2D eigenvalue weighted by atomic mass is 16.5. The van der Waals surface area contributed by atoms with Crippen LogP contribution in [-0.4, -0.2) is 28.5 Å². The highest BCUT2D eigenvalue weighted by Gasteiger charge is 2.05. The first-order chi connectivity index (χ1) is 5.79. The van der Waals surface area contributed by atoms with Gasteiger partial charge in [0.25, 0.3) is 5.56 Å². The second-order valence-electron chi connectivity index (χ2n) is 1.89. The number of H-pyrrole nitrogens is 1. The Bertz CT molecular complexity index is 344. The van der Waals surface area contributed by atoms with E-state index in [0.717, 1.165) is 6.21 Å². The van der Waals surface area contributed by atoms with Crippen LogP contribution >= 0.6 is 0 Å². The van der Waals surface area contributed by atoms with Crippen molar-refractivity contribution in [1.82, 2.24) is 9.97 Å². The van der Waals surface area contributed by atoms with Crippen molar-refractivity contribution in [1.29, 1.82) is 0 Å². The third kappa shape index (κ3) is 1.42. The summed E-state index contributed by atoms with van der Waals surface area (Å²) in [5, 5.41) is 10.9. The molecular formula is C6H7N3O3. The lowest BCUT2D eigenvalue weighted by Crippen LogP contribution is -2.12. The van der Waals surface area contributed by atoms with Gasteiger partial charge in [-0.25, -0.2) is 4.98 Å². The van der Waals surface area contributed by atoms with Gasteiger partial charge in [-0.3, -0.25) is 4.79 Å². The molecule has 0 unspecified atom stereocenters. The lowest BCUT2D eigenvalue weighted by molar-refractivity contribution is 0.321. The highest BCUT2D eigenvalue weighted by Crippen LogP contribution is 2.03. The van der Waals surface area contributed by atoms with Crippen molar-refractivity contribution in [3.8, 4) is 5.75 Å². The van der Waals surface area contributed by atoms with Crippen molar-refractivity contribution in [3.05, 3.63) is 22.4 Å². The van der Waals surface area contributed by atoms with Crippen LogP contribution in [0.2, 0.25) is 0 Å². The Kier molecular flexibility index (Phi) is 2.42. The molecule has 0 aliphatic carbocycles. The zero-order valence-corrected chi connectivity index (χ0v) is 6.31. The minimum atomic E-state index is -0.414. The number of hydrogen-bond acceptors (Lipinski definition) is 5. The van der Waals surface area contributed by atoms with Crippen molar-refractivity contribution in [2.75, 3.05) is 7.11 Å². The molecule has 0 atom stereocenters. The molecule has 6 nitrogen and oxygen atoms in total. The predicted molar refractivity (Wildman–Crippen MR) is 40.8 cm³/mol. The monoisotopic (exact) mass is 169 g/mol. The van der Waals surface area contributed by atoms with Crippen molar-refractivity contribution in [2.45, 2.75) is 0 Å². The lowest BCUT2D eigenvalue weighted by atomic mass is 10.4. The van der Waals surface area contributed by atoms with Gasteiger partial charge in [0, 0.05) is 0 Å². The fraction of sp³-hybridized carbons (Fsp3) is 0.167. The molecule has 6 heteroatoms. The summed E-state index contributed by atoms with van der Waals surface area (Å²) in [6, 6.07) is 0. The molecular weight excluding hydrogens is 162 g/mol. The van der Waals surface area contributed by atoms with Gasteiger partial charge in [-0.15, -0.1) is 0 Å². The van der Waals surface area contributed by atoms with Gasteiger partial charge in [0.15, 0.2) is 0 Å². The molecule has 0 aliphatic rings. The quantitative estimate of drug-likeness (QED) is 0.358. The summed E-state index contributed by atoms with van der Waals surface area (Å²) < 4.78 is 4.72. The van der Waals surface area contributed by atoms with Crippen molar-refractivity contribution in [3.63, 3.8) is 0 Å². The van der Waals surface area contributed by atoms with E-state index in [-0.39, 0.29) is 11.4 Å². The van der Waals surface area contributed by atoms with Gasteiger partial charge in [0.2, 0.25) is 5.75 Å². The van der Waals surface area contributed by atoms with Crippen LogP contribution in [0.25, 0.3) is 0 Å². The average Bonchev–Trinajstić information content (AvgIpc) is 2.05. The molecule has 1 heterocycles. The molecule has 0 amide bonds. The van der Waals surface area contributed by atoms with E-state index in [1.54, 1.807) is 0 Å². The number of nitrogens with one attached hydrogen (secondary N) is 1. The van der Waals surface area contributed by atoms with Crippen LogP contribution in [0.3, 0.4) is 0 Å². The van der Waals surface area contributed by atoms with Crippen LogP contribution in [0.15, 0.2) is 16.3 Å². The van der Waals surface area contributed by atoms with Gasteiger partial charge in [-0.1, -0.05) is 5.16 Å². The molecule has 0 aliphatic heterocycles. The maximum absolute atomic E-state index is 11.0. The number of aromatic amines is 1. The average molecular weight is 169 g/mol. The van der Waals surface area contributed by atoms with Gasteiger partial charge < -0.3 is 14.9 Å². The summed E-state index contributed by atoms with van der Waals surface area (Å²) in [4.78, 5) is 17.0. The summed E-state index contributed by atoms with van der Waals surface area (Å²) >= 11 is 0. The lowest BCUT2D eigenvalue weighted by Gasteiger charge is -1.98. The summed E-state index contributed by atoms with van der Waals surface area (Å²) in [6.07, 6.45) is 2.22. The molecule has 0 spiro atoms. The number of ether oxygens (including phenoxy) is 1. The normalized spacial score (nSPS) is 10.4. The first kappa shape index (κ1) is 8.25. The molecule has 0 fully saturated rings. The van der Waals surface area contributed by atoms with E-state index in [2.05, 4.69) is 15.1 Å². The number of rotatable bonds is 2. The highest BCUT2D eigenvalue weighted by molar-refractivity contribution is 5.79. The molecule has 0 saturated carbocycles. The van der Waals surface area contributed by atoms with Crippen LogP contribution < -0.4 is 10.3 Å². The first-order valence-corrected chi connectivity index (χ1v) is 3.08. The summed E-state index contributed by atoms with van der Waals surface area (Å²) in [5.74, 6) is 0.0234. The van der Waals surface area contributed by atoms with E-state index in [1.165, 1.54) is 13.4 Å². The summed E-state index contributed by atoms with van der Waals surface area (Å²) in [7, 11) is 1.33. The second-order valence-corrected chi connectivity index (χ2v) is 1.89. The zero-order valence-electron chi connectivity index (χ0n) is 6.31. The SMILES string of the molecule is COc1c(/C=N/O)nc[nH]c1=O.